The third-order valence-corrected chi connectivity index (χ3v) is 10.6. The molecule has 0 spiro atoms. The zero-order valence-electron chi connectivity index (χ0n) is 31.7. The first kappa shape index (κ1) is 44.8. The number of aliphatic hydroxyl groups is 1. The van der Waals surface area contributed by atoms with Crippen molar-refractivity contribution < 1.29 is 34.0 Å². The molecule has 1 aliphatic heterocycles. The van der Waals surface area contributed by atoms with Crippen LogP contribution < -0.4 is 0 Å². The summed E-state index contributed by atoms with van der Waals surface area (Å²) in [4.78, 5) is 22.3. The highest BCUT2D eigenvalue weighted by Gasteiger charge is 2.32. The number of hydrogen-bond acceptors (Lipinski definition) is 6. The zero-order chi connectivity index (χ0) is 35.1. The summed E-state index contributed by atoms with van der Waals surface area (Å²) in [5.74, 6) is 0.981. The molecule has 1 aliphatic rings. The number of unbranched alkanes of at least 4 members (excludes halogenated alkanes) is 16. The van der Waals surface area contributed by atoms with Gasteiger partial charge in [-0.2, -0.15) is 0 Å². The van der Waals surface area contributed by atoms with Gasteiger partial charge in [0.2, 0.25) is 0 Å². The molecule has 1 saturated heterocycles. The Morgan fingerprint density at radius 3 is 1.85 bits per heavy atom. The van der Waals surface area contributed by atoms with Crippen molar-refractivity contribution in [3.63, 3.8) is 0 Å². The van der Waals surface area contributed by atoms with Crippen LogP contribution in [0, 0.1) is 23.7 Å². The van der Waals surface area contributed by atoms with E-state index in [2.05, 4.69) is 13.8 Å². The maximum atomic E-state index is 11.4. The highest BCUT2D eigenvalue weighted by atomic mass is 16.7. The Kier molecular flexibility index (Phi) is 29.7. The van der Waals surface area contributed by atoms with Crippen molar-refractivity contribution in [1.82, 2.24) is 0 Å². The maximum absolute atomic E-state index is 11.4. The van der Waals surface area contributed by atoms with Crippen LogP contribution in [0.15, 0.2) is 0 Å². The molecule has 1 heterocycles. The van der Waals surface area contributed by atoms with Crippen molar-refractivity contribution in [2.24, 2.45) is 23.7 Å². The lowest BCUT2D eigenvalue weighted by molar-refractivity contribution is -0.214. The standard InChI is InChI=1S/C41H78O7/c1-4-6-8-12-18-24-35(32-42)30-36(25-20-14-10-17-23-29-40(45)46-3)33-47-41-38(27-21-15-11-16-22-28-39(43)44)31-37(34-48-41)26-19-13-9-7-5-2/h35-38,41-42H,4-34H2,1-3H3,(H,43,44). The van der Waals surface area contributed by atoms with E-state index in [1.165, 1.54) is 84.2 Å². The molecule has 1 rings (SSSR count). The fraction of sp³-hybridized carbons (Fsp3) is 0.951. The van der Waals surface area contributed by atoms with E-state index in [1.807, 2.05) is 0 Å². The SMILES string of the molecule is CCCCCCCC(CO)CC(CCCCCCCC(=O)OC)COC1OCC(CCCCCCC)CC1CCCCCCCC(=O)O. The smallest absolute Gasteiger partial charge is 0.305 e. The summed E-state index contributed by atoms with van der Waals surface area (Å²) in [6.45, 7) is 6.28. The van der Waals surface area contributed by atoms with Gasteiger partial charge >= 0.3 is 11.9 Å². The van der Waals surface area contributed by atoms with E-state index in [-0.39, 0.29) is 25.3 Å². The summed E-state index contributed by atoms with van der Waals surface area (Å²) in [7, 11) is 1.46. The molecule has 0 saturated carbocycles. The summed E-state index contributed by atoms with van der Waals surface area (Å²) >= 11 is 0. The fourth-order valence-corrected chi connectivity index (χ4v) is 7.49. The highest BCUT2D eigenvalue weighted by Crippen LogP contribution is 2.34. The molecule has 0 aromatic rings. The monoisotopic (exact) mass is 683 g/mol. The molecule has 2 N–H and O–H groups in total. The minimum absolute atomic E-state index is 0.116. The van der Waals surface area contributed by atoms with E-state index in [0.29, 0.717) is 36.7 Å². The van der Waals surface area contributed by atoms with Crippen molar-refractivity contribution in [2.75, 3.05) is 26.9 Å². The van der Waals surface area contributed by atoms with E-state index in [1.54, 1.807) is 0 Å². The average Bonchev–Trinajstić information content (AvgIpc) is 3.08. The number of aliphatic hydroxyl groups excluding tert-OH is 1. The number of esters is 1. The lowest BCUT2D eigenvalue weighted by Crippen LogP contribution is -2.37. The van der Waals surface area contributed by atoms with E-state index in [4.69, 9.17) is 19.3 Å². The van der Waals surface area contributed by atoms with Gasteiger partial charge in [0.05, 0.1) is 20.3 Å². The third-order valence-electron chi connectivity index (χ3n) is 10.6. The number of ether oxygens (including phenoxy) is 3. The molecular weight excluding hydrogens is 604 g/mol. The molecule has 0 amide bonds. The van der Waals surface area contributed by atoms with E-state index in [9.17, 15) is 14.7 Å². The molecule has 0 bridgehead atoms. The van der Waals surface area contributed by atoms with Crippen molar-refractivity contribution in [2.45, 2.75) is 200 Å². The quantitative estimate of drug-likeness (QED) is 0.0514. The van der Waals surface area contributed by atoms with E-state index >= 15 is 0 Å². The predicted molar refractivity (Wildman–Crippen MR) is 197 cm³/mol. The molecular formula is C41H78O7. The molecule has 0 aliphatic carbocycles. The van der Waals surface area contributed by atoms with Crippen LogP contribution in [-0.4, -0.2) is 55.4 Å². The fourth-order valence-electron chi connectivity index (χ4n) is 7.49. The van der Waals surface area contributed by atoms with Gasteiger partial charge < -0.3 is 24.4 Å². The van der Waals surface area contributed by atoms with Crippen LogP contribution in [0.5, 0.6) is 0 Å². The number of methoxy groups -OCH3 is 1. The van der Waals surface area contributed by atoms with Gasteiger partial charge in [-0.25, -0.2) is 0 Å². The Bertz CT molecular complexity index is 744. The minimum Gasteiger partial charge on any atom is -0.481 e. The van der Waals surface area contributed by atoms with Gasteiger partial charge in [0.15, 0.2) is 6.29 Å². The molecule has 0 aromatic heterocycles. The number of aliphatic carboxylic acids is 1. The number of carbonyl (C=O) groups is 2. The van der Waals surface area contributed by atoms with Crippen LogP contribution in [0.25, 0.3) is 0 Å². The summed E-state index contributed by atoms with van der Waals surface area (Å²) in [6, 6.07) is 0. The number of hydrogen-bond donors (Lipinski definition) is 2. The first-order valence-electron chi connectivity index (χ1n) is 20.6. The van der Waals surface area contributed by atoms with Gasteiger partial charge in [-0.3, -0.25) is 9.59 Å². The summed E-state index contributed by atoms with van der Waals surface area (Å²) in [6.07, 6.45) is 30.8. The molecule has 1 fully saturated rings. The molecule has 284 valence electrons. The van der Waals surface area contributed by atoms with Gasteiger partial charge in [0.25, 0.3) is 0 Å². The van der Waals surface area contributed by atoms with Crippen LogP contribution in [0.1, 0.15) is 194 Å². The van der Waals surface area contributed by atoms with Crippen molar-refractivity contribution in [1.29, 1.82) is 0 Å². The molecule has 7 nitrogen and oxygen atoms in total. The van der Waals surface area contributed by atoms with Crippen LogP contribution in [0.2, 0.25) is 0 Å². The van der Waals surface area contributed by atoms with Crippen LogP contribution >= 0.6 is 0 Å². The average molecular weight is 683 g/mol. The van der Waals surface area contributed by atoms with Crippen molar-refractivity contribution in [3.05, 3.63) is 0 Å². The first-order chi connectivity index (χ1) is 23.4. The number of rotatable bonds is 34. The first-order valence-corrected chi connectivity index (χ1v) is 20.6. The normalized spacial score (nSPS) is 19.3. The minimum atomic E-state index is -0.693. The number of carboxylic acid groups (broad SMARTS) is 1. The summed E-state index contributed by atoms with van der Waals surface area (Å²) in [5, 5.41) is 19.2. The van der Waals surface area contributed by atoms with E-state index < -0.39 is 5.97 Å². The molecule has 0 aromatic carbocycles. The lowest BCUT2D eigenvalue weighted by atomic mass is 9.84. The van der Waals surface area contributed by atoms with Gasteiger partial charge in [0, 0.05) is 25.4 Å². The zero-order valence-corrected chi connectivity index (χ0v) is 31.7. The van der Waals surface area contributed by atoms with Gasteiger partial charge in [0.1, 0.15) is 0 Å². The summed E-state index contributed by atoms with van der Waals surface area (Å²) in [5.41, 5.74) is 0. The van der Waals surface area contributed by atoms with Crippen molar-refractivity contribution >= 4 is 11.9 Å². The summed E-state index contributed by atoms with van der Waals surface area (Å²) < 4.78 is 18.0. The van der Waals surface area contributed by atoms with Crippen LogP contribution in [0.3, 0.4) is 0 Å². The maximum Gasteiger partial charge on any atom is 0.305 e. The van der Waals surface area contributed by atoms with Gasteiger partial charge in [-0.05, 0) is 69.1 Å². The molecule has 5 atom stereocenters. The largest absolute Gasteiger partial charge is 0.481 e. The van der Waals surface area contributed by atoms with Crippen LogP contribution in [0.4, 0.5) is 0 Å². The second kappa shape index (κ2) is 31.8. The second-order valence-corrected chi connectivity index (χ2v) is 15.0. The Balaban J connectivity index is 2.71. The van der Waals surface area contributed by atoms with Crippen molar-refractivity contribution in [3.8, 4) is 0 Å². The Labute approximate surface area is 296 Å². The molecule has 7 heteroatoms. The number of carboxylic acids is 1. The second-order valence-electron chi connectivity index (χ2n) is 15.0. The van der Waals surface area contributed by atoms with Gasteiger partial charge in [-0.15, -0.1) is 0 Å². The third kappa shape index (κ3) is 24.9. The topological polar surface area (TPSA) is 102 Å². The predicted octanol–water partition coefficient (Wildman–Crippen LogP) is 11.0. The Morgan fingerprint density at radius 1 is 0.708 bits per heavy atom. The molecule has 5 unspecified atom stereocenters. The van der Waals surface area contributed by atoms with E-state index in [0.717, 1.165) is 96.5 Å². The number of carbonyl (C=O) groups excluding carboxylic acids is 1. The Morgan fingerprint density at radius 2 is 1.25 bits per heavy atom. The molecule has 48 heavy (non-hydrogen) atoms. The highest BCUT2D eigenvalue weighted by molar-refractivity contribution is 5.69. The van der Waals surface area contributed by atoms with Crippen LogP contribution in [-0.2, 0) is 23.8 Å². The Hall–Kier alpha value is -1.18. The van der Waals surface area contributed by atoms with Gasteiger partial charge in [-0.1, -0.05) is 129 Å². The molecule has 0 radical (unpaired) electrons. The lowest BCUT2D eigenvalue weighted by Gasteiger charge is -2.37.